The summed E-state index contributed by atoms with van der Waals surface area (Å²) >= 11 is 0. The molecule has 5 N–H and O–H groups in total. The zero-order valence-electron chi connectivity index (χ0n) is 7.63. The Morgan fingerprint density at radius 1 is 1.38 bits per heavy atom. The molecule has 0 radical (unpaired) electrons. The molecule has 1 fully saturated rings. The molecule has 0 aromatic rings. The fourth-order valence-electron chi connectivity index (χ4n) is 1.85. The van der Waals surface area contributed by atoms with Crippen LogP contribution in [0.5, 0.6) is 0 Å². The maximum atomic E-state index is 9.54. The molecule has 0 aromatic carbocycles. The summed E-state index contributed by atoms with van der Waals surface area (Å²) in [5.41, 5.74) is 5.70. The number of aliphatic hydroxyl groups is 3. The lowest BCUT2D eigenvalue weighted by atomic mass is 9.80. The number of ether oxygens (including phenoxy) is 1. The van der Waals surface area contributed by atoms with E-state index in [1.165, 1.54) is 7.11 Å². The van der Waals surface area contributed by atoms with Crippen LogP contribution >= 0.6 is 0 Å². The number of rotatable bonds is 2. The fourth-order valence-corrected chi connectivity index (χ4v) is 1.85. The van der Waals surface area contributed by atoms with E-state index in [1.807, 2.05) is 0 Å². The van der Waals surface area contributed by atoms with Gasteiger partial charge in [0, 0.05) is 25.7 Å². The monoisotopic (exact) mass is 191 g/mol. The number of hydrogen-bond donors (Lipinski definition) is 4. The van der Waals surface area contributed by atoms with Crippen LogP contribution in [0, 0.1) is 5.92 Å². The summed E-state index contributed by atoms with van der Waals surface area (Å²) in [6.07, 6.45) is -2.04. The summed E-state index contributed by atoms with van der Waals surface area (Å²) in [5, 5.41) is 27.9. The maximum Gasteiger partial charge on any atom is 0.108 e. The SMILES string of the molecule is CO[C@H]1[C@H](O)[C@@H](O)[C@H](CO)C[C@H]1N. The first-order valence-electron chi connectivity index (χ1n) is 4.37. The average molecular weight is 191 g/mol. The zero-order chi connectivity index (χ0) is 10.0. The van der Waals surface area contributed by atoms with Crippen LogP contribution in [0.1, 0.15) is 6.42 Å². The lowest BCUT2D eigenvalue weighted by molar-refractivity contribution is -0.136. The third-order valence-corrected chi connectivity index (χ3v) is 2.67. The van der Waals surface area contributed by atoms with Gasteiger partial charge in [-0.3, -0.25) is 0 Å². The highest BCUT2D eigenvalue weighted by molar-refractivity contribution is 4.95. The summed E-state index contributed by atoms with van der Waals surface area (Å²) < 4.78 is 4.96. The van der Waals surface area contributed by atoms with Crippen LogP contribution < -0.4 is 5.73 Å². The third kappa shape index (κ3) is 2.00. The van der Waals surface area contributed by atoms with Crippen LogP contribution in [-0.4, -0.2) is 53.4 Å². The van der Waals surface area contributed by atoms with Crippen LogP contribution in [0.2, 0.25) is 0 Å². The molecule has 0 saturated heterocycles. The topological polar surface area (TPSA) is 95.9 Å². The van der Waals surface area contributed by atoms with Gasteiger partial charge in [0.05, 0.1) is 6.10 Å². The highest BCUT2D eigenvalue weighted by Gasteiger charge is 2.41. The van der Waals surface area contributed by atoms with Crippen molar-refractivity contribution in [2.45, 2.75) is 30.8 Å². The minimum atomic E-state index is -1.01. The molecule has 0 heterocycles. The maximum absolute atomic E-state index is 9.54. The van der Waals surface area contributed by atoms with Gasteiger partial charge in [-0.2, -0.15) is 0 Å². The van der Waals surface area contributed by atoms with Crippen molar-refractivity contribution < 1.29 is 20.1 Å². The van der Waals surface area contributed by atoms with Gasteiger partial charge in [-0.05, 0) is 6.42 Å². The smallest absolute Gasteiger partial charge is 0.108 e. The Bertz CT molecular complexity index is 166. The molecule has 78 valence electrons. The quantitative estimate of drug-likeness (QED) is 0.407. The van der Waals surface area contributed by atoms with Crippen molar-refractivity contribution in [1.82, 2.24) is 0 Å². The van der Waals surface area contributed by atoms with Gasteiger partial charge in [-0.25, -0.2) is 0 Å². The summed E-state index contributed by atoms with van der Waals surface area (Å²) in [4.78, 5) is 0. The van der Waals surface area contributed by atoms with E-state index >= 15 is 0 Å². The normalized spacial score (nSPS) is 46.4. The zero-order valence-corrected chi connectivity index (χ0v) is 7.63. The van der Waals surface area contributed by atoms with E-state index in [0.717, 1.165) is 0 Å². The van der Waals surface area contributed by atoms with Gasteiger partial charge >= 0.3 is 0 Å². The number of aliphatic hydroxyl groups excluding tert-OH is 3. The molecule has 1 rings (SSSR count). The van der Waals surface area contributed by atoms with Crippen molar-refractivity contribution in [3.63, 3.8) is 0 Å². The molecule has 0 amide bonds. The van der Waals surface area contributed by atoms with Gasteiger partial charge in [0.1, 0.15) is 12.2 Å². The van der Waals surface area contributed by atoms with Crippen molar-refractivity contribution in [1.29, 1.82) is 0 Å². The van der Waals surface area contributed by atoms with Crippen LogP contribution in [-0.2, 0) is 4.74 Å². The van der Waals surface area contributed by atoms with Gasteiger partial charge in [0.2, 0.25) is 0 Å². The summed E-state index contributed by atoms with van der Waals surface area (Å²) in [6, 6.07) is -0.333. The first kappa shape index (κ1) is 10.9. The lowest BCUT2D eigenvalue weighted by Crippen LogP contribution is -2.58. The summed E-state index contributed by atoms with van der Waals surface area (Å²) in [7, 11) is 1.44. The minimum Gasteiger partial charge on any atom is -0.396 e. The second-order valence-electron chi connectivity index (χ2n) is 3.52. The van der Waals surface area contributed by atoms with E-state index in [9.17, 15) is 10.2 Å². The van der Waals surface area contributed by atoms with Gasteiger partial charge in [0.25, 0.3) is 0 Å². The Hall–Kier alpha value is -0.200. The van der Waals surface area contributed by atoms with Crippen molar-refractivity contribution in [2.75, 3.05) is 13.7 Å². The van der Waals surface area contributed by atoms with Crippen molar-refractivity contribution in [3.8, 4) is 0 Å². The standard InChI is InChI=1S/C8H17NO4/c1-13-8-5(9)2-4(3-10)6(11)7(8)12/h4-8,10-12H,2-3,9H2,1H3/t4-,5+,6-,7+,8+/m0/s1. The Balaban J connectivity index is 2.66. The second kappa shape index (κ2) is 4.34. The second-order valence-corrected chi connectivity index (χ2v) is 3.52. The van der Waals surface area contributed by atoms with E-state index < -0.39 is 18.3 Å². The van der Waals surface area contributed by atoms with Crippen LogP contribution in [0.25, 0.3) is 0 Å². The van der Waals surface area contributed by atoms with Crippen LogP contribution in [0.4, 0.5) is 0 Å². The molecule has 0 unspecified atom stereocenters. The van der Waals surface area contributed by atoms with Crippen LogP contribution in [0.3, 0.4) is 0 Å². The summed E-state index contributed by atoms with van der Waals surface area (Å²) in [6.45, 7) is -0.164. The van der Waals surface area contributed by atoms with E-state index in [0.29, 0.717) is 6.42 Å². The Morgan fingerprint density at radius 2 is 2.00 bits per heavy atom. The molecule has 0 bridgehead atoms. The van der Waals surface area contributed by atoms with E-state index in [4.69, 9.17) is 15.6 Å². The molecule has 5 nitrogen and oxygen atoms in total. The Labute approximate surface area is 77.1 Å². The van der Waals surface area contributed by atoms with Crippen molar-refractivity contribution >= 4 is 0 Å². The molecule has 13 heavy (non-hydrogen) atoms. The van der Waals surface area contributed by atoms with Crippen molar-refractivity contribution in [2.24, 2.45) is 11.7 Å². The predicted molar refractivity (Wildman–Crippen MR) is 46.0 cm³/mol. The molecule has 1 aliphatic rings. The molecule has 0 spiro atoms. The first-order chi connectivity index (χ1) is 6.11. The fraction of sp³-hybridized carbons (Fsp3) is 1.00. The molecular weight excluding hydrogens is 174 g/mol. The number of hydrogen-bond acceptors (Lipinski definition) is 5. The third-order valence-electron chi connectivity index (χ3n) is 2.67. The molecule has 1 aliphatic carbocycles. The lowest BCUT2D eigenvalue weighted by Gasteiger charge is -2.39. The number of nitrogens with two attached hydrogens (primary N) is 1. The van der Waals surface area contributed by atoms with E-state index in [2.05, 4.69) is 0 Å². The first-order valence-corrected chi connectivity index (χ1v) is 4.37. The Kier molecular flexibility index (Phi) is 3.63. The molecule has 1 saturated carbocycles. The molecular formula is C8H17NO4. The van der Waals surface area contributed by atoms with Crippen molar-refractivity contribution in [3.05, 3.63) is 0 Å². The summed E-state index contributed by atoms with van der Waals surface area (Å²) in [5.74, 6) is -0.351. The molecule has 0 aromatic heterocycles. The average Bonchev–Trinajstić information content (AvgIpc) is 2.12. The largest absolute Gasteiger partial charge is 0.396 e. The van der Waals surface area contributed by atoms with E-state index in [-0.39, 0.29) is 18.6 Å². The van der Waals surface area contributed by atoms with Gasteiger partial charge in [-0.15, -0.1) is 0 Å². The van der Waals surface area contributed by atoms with E-state index in [1.54, 1.807) is 0 Å². The van der Waals surface area contributed by atoms with Gasteiger partial charge < -0.3 is 25.8 Å². The highest BCUT2D eigenvalue weighted by atomic mass is 16.5. The van der Waals surface area contributed by atoms with Gasteiger partial charge in [0.15, 0.2) is 0 Å². The molecule has 5 heteroatoms. The molecule has 0 aliphatic heterocycles. The van der Waals surface area contributed by atoms with Gasteiger partial charge in [-0.1, -0.05) is 0 Å². The Morgan fingerprint density at radius 3 is 2.46 bits per heavy atom. The minimum absolute atomic E-state index is 0.164. The highest BCUT2D eigenvalue weighted by Crippen LogP contribution is 2.25. The molecule has 5 atom stereocenters. The predicted octanol–water partition coefficient (Wildman–Crippen LogP) is -1.94. The number of methoxy groups -OCH3 is 1. The van der Waals surface area contributed by atoms with Crippen LogP contribution in [0.15, 0.2) is 0 Å².